The minimum atomic E-state index is -4.60. The summed E-state index contributed by atoms with van der Waals surface area (Å²) in [5.74, 6) is -0.528. The van der Waals surface area contributed by atoms with Crippen LogP contribution in [0.1, 0.15) is 16.7 Å². The summed E-state index contributed by atoms with van der Waals surface area (Å²) in [6.45, 7) is 0. The number of alkyl halides is 3. The topological polar surface area (TPSA) is 98.0 Å². The van der Waals surface area contributed by atoms with Crippen molar-refractivity contribution in [2.75, 3.05) is 0 Å². The van der Waals surface area contributed by atoms with Gasteiger partial charge in [0.05, 0.1) is 24.5 Å². The molecule has 11 heteroatoms. The van der Waals surface area contributed by atoms with E-state index in [9.17, 15) is 26.4 Å². The molecule has 1 amide bonds. The quantitative estimate of drug-likeness (QED) is 0.220. The first-order valence-electron chi connectivity index (χ1n) is 10.1. The number of amides is 1. The predicted molar refractivity (Wildman–Crippen MR) is 121 cm³/mol. The van der Waals surface area contributed by atoms with Crippen molar-refractivity contribution in [1.82, 2.24) is 5.43 Å². The molecule has 0 atom stereocenters. The van der Waals surface area contributed by atoms with Crippen LogP contribution in [0, 0.1) is 0 Å². The van der Waals surface area contributed by atoms with E-state index in [4.69, 9.17) is 8.60 Å². The standard InChI is InChI=1S/C24H17F3N2O5S/c25-24(26,27)18-8-10-19(11-9-18)35(31,32)34-21-6-2-1-4-17(21)15-28-29-23(30)14-16-5-3-7-22-20(16)12-13-33-22/h1-13,15H,14H2,(H,29,30). The molecule has 0 fully saturated rings. The lowest BCUT2D eigenvalue weighted by atomic mass is 10.1. The van der Waals surface area contributed by atoms with Gasteiger partial charge in [0.15, 0.2) is 5.75 Å². The molecule has 1 aromatic heterocycles. The molecule has 4 aromatic rings. The van der Waals surface area contributed by atoms with E-state index >= 15 is 0 Å². The number of hydrogen-bond donors (Lipinski definition) is 1. The lowest BCUT2D eigenvalue weighted by molar-refractivity contribution is -0.137. The van der Waals surface area contributed by atoms with Crippen molar-refractivity contribution in [1.29, 1.82) is 0 Å². The largest absolute Gasteiger partial charge is 0.464 e. The third-order valence-corrected chi connectivity index (χ3v) is 6.17. The highest BCUT2D eigenvalue weighted by Gasteiger charge is 2.31. The van der Waals surface area contributed by atoms with Crippen molar-refractivity contribution in [3.63, 3.8) is 0 Å². The Labute approximate surface area is 198 Å². The molecule has 7 nitrogen and oxygen atoms in total. The molecule has 4 rings (SSSR count). The molecule has 0 saturated carbocycles. The second kappa shape index (κ2) is 9.63. The van der Waals surface area contributed by atoms with Gasteiger partial charge in [-0.2, -0.15) is 26.7 Å². The summed E-state index contributed by atoms with van der Waals surface area (Å²) < 4.78 is 73.8. The Balaban J connectivity index is 1.45. The Morgan fingerprint density at radius 1 is 1.00 bits per heavy atom. The van der Waals surface area contributed by atoms with Crippen LogP contribution >= 0.6 is 0 Å². The average molecular weight is 502 g/mol. The van der Waals surface area contributed by atoms with Crippen molar-refractivity contribution >= 4 is 33.2 Å². The Kier molecular flexibility index (Phi) is 6.61. The van der Waals surface area contributed by atoms with Crippen molar-refractivity contribution in [2.45, 2.75) is 17.5 Å². The highest BCUT2D eigenvalue weighted by molar-refractivity contribution is 7.87. The molecule has 0 saturated heterocycles. The first-order valence-corrected chi connectivity index (χ1v) is 11.5. The van der Waals surface area contributed by atoms with Gasteiger partial charge in [0.2, 0.25) is 5.91 Å². The smallest absolute Gasteiger partial charge is 0.416 e. The van der Waals surface area contributed by atoms with Gasteiger partial charge in [0.25, 0.3) is 0 Å². The number of hydrogen-bond acceptors (Lipinski definition) is 6. The SMILES string of the molecule is O=C(Cc1cccc2occc12)NN=Cc1ccccc1OS(=O)(=O)c1ccc(C(F)(F)F)cc1. The molecule has 3 aromatic carbocycles. The minimum absolute atomic E-state index is 0.0364. The highest BCUT2D eigenvalue weighted by atomic mass is 32.2. The van der Waals surface area contributed by atoms with Crippen molar-refractivity contribution in [2.24, 2.45) is 5.10 Å². The van der Waals surface area contributed by atoms with Crippen molar-refractivity contribution in [3.05, 3.63) is 95.7 Å². The Bertz CT molecular complexity index is 1490. The van der Waals surface area contributed by atoms with Crippen LogP contribution in [0.25, 0.3) is 11.0 Å². The van der Waals surface area contributed by atoms with Crippen molar-refractivity contribution in [3.8, 4) is 5.75 Å². The van der Waals surface area contributed by atoms with E-state index in [2.05, 4.69) is 10.5 Å². The van der Waals surface area contributed by atoms with Gasteiger partial charge in [-0.25, -0.2) is 5.43 Å². The maximum Gasteiger partial charge on any atom is 0.416 e. The number of halogens is 3. The third kappa shape index (κ3) is 5.69. The summed E-state index contributed by atoms with van der Waals surface area (Å²) in [4.78, 5) is 11.9. The lowest BCUT2D eigenvalue weighted by Gasteiger charge is -2.11. The van der Waals surface area contributed by atoms with Gasteiger partial charge < -0.3 is 8.60 Å². The van der Waals surface area contributed by atoms with E-state index in [1.807, 2.05) is 0 Å². The molecule has 0 spiro atoms. The van der Waals surface area contributed by atoms with E-state index < -0.39 is 32.7 Å². The Morgan fingerprint density at radius 2 is 1.74 bits per heavy atom. The molecular weight excluding hydrogens is 485 g/mol. The van der Waals surface area contributed by atoms with Crippen molar-refractivity contribution < 1.29 is 35.0 Å². The van der Waals surface area contributed by atoms with Crippen LogP contribution in [0.5, 0.6) is 5.75 Å². The third-order valence-electron chi connectivity index (χ3n) is 4.92. The number of fused-ring (bicyclic) bond motifs is 1. The van der Waals surface area contributed by atoms with Crippen LogP contribution in [0.4, 0.5) is 13.2 Å². The zero-order chi connectivity index (χ0) is 25.1. The molecule has 180 valence electrons. The fraction of sp³-hybridized carbons (Fsp3) is 0.0833. The van der Waals surface area contributed by atoms with Gasteiger partial charge in [-0.1, -0.05) is 24.3 Å². The van der Waals surface area contributed by atoms with Crippen LogP contribution in [-0.4, -0.2) is 20.5 Å². The summed E-state index contributed by atoms with van der Waals surface area (Å²) in [5.41, 5.74) is 3.00. The number of rotatable bonds is 7. The van der Waals surface area contributed by atoms with E-state index in [1.54, 1.807) is 30.3 Å². The fourth-order valence-electron chi connectivity index (χ4n) is 3.24. The van der Waals surface area contributed by atoms with E-state index in [-0.39, 0.29) is 17.7 Å². The maximum absolute atomic E-state index is 12.7. The monoisotopic (exact) mass is 502 g/mol. The molecule has 0 bridgehead atoms. The van der Waals surface area contributed by atoms with Gasteiger partial charge in [0.1, 0.15) is 10.5 Å². The zero-order valence-electron chi connectivity index (χ0n) is 17.8. The predicted octanol–water partition coefficient (Wildman–Crippen LogP) is 4.91. The first kappa shape index (κ1) is 24.0. The molecule has 0 aliphatic carbocycles. The lowest BCUT2D eigenvalue weighted by Crippen LogP contribution is -2.20. The Hall–Kier alpha value is -4.12. The highest BCUT2D eigenvalue weighted by Crippen LogP contribution is 2.30. The van der Waals surface area contributed by atoms with Crippen LogP contribution in [0.2, 0.25) is 0 Å². The van der Waals surface area contributed by atoms with E-state index in [0.29, 0.717) is 17.7 Å². The second-order valence-electron chi connectivity index (χ2n) is 7.32. The maximum atomic E-state index is 12.7. The second-order valence-corrected chi connectivity index (χ2v) is 8.86. The molecule has 1 N–H and O–H groups in total. The van der Waals surface area contributed by atoms with E-state index in [0.717, 1.165) is 23.1 Å². The molecule has 0 radical (unpaired) electrons. The molecule has 0 aliphatic rings. The minimum Gasteiger partial charge on any atom is -0.464 e. The fourth-order valence-corrected chi connectivity index (χ4v) is 4.19. The van der Waals surface area contributed by atoms with Crippen LogP contribution in [0.3, 0.4) is 0 Å². The number of benzene rings is 3. The summed E-state index contributed by atoms with van der Waals surface area (Å²) in [6, 6.07) is 16.0. The molecule has 0 aliphatic heterocycles. The average Bonchev–Trinajstić information content (AvgIpc) is 3.30. The zero-order valence-corrected chi connectivity index (χ0v) is 18.6. The summed E-state index contributed by atoms with van der Waals surface area (Å²) in [6.07, 6.45) is -1.83. The number of furan rings is 1. The van der Waals surface area contributed by atoms with Gasteiger partial charge in [-0.3, -0.25) is 4.79 Å². The number of nitrogens with one attached hydrogen (secondary N) is 1. The molecule has 1 heterocycles. The van der Waals surface area contributed by atoms with Gasteiger partial charge in [-0.15, -0.1) is 0 Å². The van der Waals surface area contributed by atoms with E-state index in [1.165, 1.54) is 30.7 Å². The first-order chi connectivity index (χ1) is 16.6. The number of para-hydroxylation sites is 1. The van der Waals surface area contributed by atoms with Gasteiger partial charge in [-0.05, 0) is 54.1 Å². The van der Waals surface area contributed by atoms with Gasteiger partial charge >= 0.3 is 16.3 Å². The summed E-state index contributed by atoms with van der Waals surface area (Å²) in [7, 11) is -4.42. The van der Waals surface area contributed by atoms with Gasteiger partial charge in [0, 0.05) is 10.9 Å². The van der Waals surface area contributed by atoms with Crippen LogP contribution in [-0.2, 0) is 27.5 Å². The normalized spacial score (nSPS) is 12.2. The van der Waals surface area contributed by atoms with Crippen LogP contribution in [0.15, 0.2) is 93.5 Å². The number of nitrogens with zero attached hydrogens (tertiary/aromatic N) is 1. The number of carbonyl (C=O) groups excluding carboxylic acids is 1. The number of hydrazone groups is 1. The Morgan fingerprint density at radius 3 is 2.49 bits per heavy atom. The molecular formula is C24H17F3N2O5S. The van der Waals surface area contributed by atoms with Crippen LogP contribution < -0.4 is 9.61 Å². The summed E-state index contributed by atoms with van der Waals surface area (Å²) in [5, 5.41) is 4.66. The summed E-state index contributed by atoms with van der Waals surface area (Å²) >= 11 is 0. The molecule has 0 unspecified atom stereocenters. The number of carbonyl (C=O) groups is 1. The molecule has 35 heavy (non-hydrogen) atoms.